The number of carboxylic acids is 1. The van der Waals surface area contributed by atoms with Gasteiger partial charge in [-0.25, -0.2) is 4.79 Å². The number of ether oxygens (including phenoxy) is 2. The summed E-state index contributed by atoms with van der Waals surface area (Å²) in [6, 6.07) is 13.2. The van der Waals surface area contributed by atoms with Crippen LogP contribution in [0.25, 0.3) is 0 Å². The summed E-state index contributed by atoms with van der Waals surface area (Å²) in [5, 5.41) is 11.7. The van der Waals surface area contributed by atoms with E-state index in [1.165, 1.54) is 12.1 Å². The average molecular weight is 425 g/mol. The molecule has 2 aromatic carbocycles. The number of carbonyl (C=O) groups excluding carboxylic acids is 1. The van der Waals surface area contributed by atoms with Crippen molar-refractivity contribution in [3.8, 4) is 5.75 Å². The Kier molecular flexibility index (Phi) is 8.67. The number of hydrogen-bond donors (Lipinski definition) is 2. The van der Waals surface area contributed by atoms with Crippen LogP contribution < -0.4 is 10.1 Å². The average Bonchev–Trinajstić information content (AvgIpc) is 2.67. The summed E-state index contributed by atoms with van der Waals surface area (Å²) in [7, 11) is 0. The number of carbonyl (C=O) groups is 2. The van der Waals surface area contributed by atoms with Crippen LogP contribution in [-0.2, 0) is 27.4 Å². The highest BCUT2D eigenvalue weighted by Crippen LogP contribution is 2.23. The van der Waals surface area contributed by atoms with Crippen molar-refractivity contribution in [2.75, 3.05) is 6.61 Å². The summed E-state index contributed by atoms with van der Waals surface area (Å²) >= 11 is 0. The number of alkyl halides is 3. The van der Waals surface area contributed by atoms with Crippen LogP contribution in [0.15, 0.2) is 54.6 Å². The molecule has 0 saturated carbocycles. The molecule has 0 radical (unpaired) electrons. The van der Waals surface area contributed by atoms with Gasteiger partial charge in [0.1, 0.15) is 11.8 Å². The van der Waals surface area contributed by atoms with Crippen molar-refractivity contribution in [3.63, 3.8) is 0 Å². The summed E-state index contributed by atoms with van der Waals surface area (Å²) in [6.07, 6.45) is -4.56. The normalized spacial score (nSPS) is 12.2. The lowest BCUT2D eigenvalue weighted by molar-refractivity contribution is -0.274. The predicted molar refractivity (Wildman–Crippen MR) is 102 cm³/mol. The molecule has 0 spiro atoms. The molecule has 1 atom stereocenters. The van der Waals surface area contributed by atoms with Crippen LogP contribution in [0.1, 0.15) is 24.0 Å². The Morgan fingerprint density at radius 3 is 2.40 bits per heavy atom. The van der Waals surface area contributed by atoms with Crippen LogP contribution in [0.2, 0.25) is 0 Å². The van der Waals surface area contributed by atoms with Crippen LogP contribution in [0.5, 0.6) is 5.75 Å². The van der Waals surface area contributed by atoms with E-state index in [-0.39, 0.29) is 18.4 Å². The van der Waals surface area contributed by atoms with E-state index in [2.05, 4.69) is 10.1 Å². The van der Waals surface area contributed by atoms with Gasteiger partial charge in [-0.1, -0.05) is 42.5 Å². The molecule has 9 heteroatoms. The zero-order chi connectivity index (χ0) is 22.0. The topological polar surface area (TPSA) is 84.9 Å². The van der Waals surface area contributed by atoms with Gasteiger partial charge in [0.15, 0.2) is 0 Å². The molecule has 0 aliphatic heterocycles. The monoisotopic (exact) mass is 425 g/mol. The Morgan fingerprint density at radius 1 is 1.03 bits per heavy atom. The first-order chi connectivity index (χ1) is 14.2. The Morgan fingerprint density at radius 2 is 1.73 bits per heavy atom. The van der Waals surface area contributed by atoms with Gasteiger partial charge in [-0.3, -0.25) is 4.79 Å². The van der Waals surface area contributed by atoms with E-state index >= 15 is 0 Å². The molecule has 2 N–H and O–H groups in total. The zero-order valence-corrected chi connectivity index (χ0v) is 16.0. The van der Waals surface area contributed by atoms with Crippen molar-refractivity contribution in [3.05, 3.63) is 65.7 Å². The van der Waals surface area contributed by atoms with Crippen LogP contribution in [0.3, 0.4) is 0 Å². The predicted octanol–water partition coefficient (Wildman–Crippen LogP) is 3.69. The molecule has 0 bridgehead atoms. The molecule has 0 aliphatic carbocycles. The van der Waals surface area contributed by atoms with E-state index < -0.39 is 30.0 Å². The second kappa shape index (κ2) is 11.2. The maximum atomic E-state index is 12.3. The number of carboxylic acid groups (broad SMARTS) is 1. The maximum absolute atomic E-state index is 12.3. The number of halogens is 3. The molecule has 162 valence electrons. The molecule has 0 saturated heterocycles. The van der Waals surface area contributed by atoms with Gasteiger partial charge in [-0.05, 0) is 29.7 Å². The van der Waals surface area contributed by atoms with E-state index in [0.717, 1.165) is 17.7 Å². The quantitative estimate of drug-likeness (QED) is 0.537. The largest absolute Gasteiger partial charge is 0.573 e. The zero-order valence-electron chi connectivity index (χ0n) is 16.0. The highest BCUT2D eigenvalue weighted by atomic mass is 19.4. The smallest absolute Gasteiger partial charge is 0.480 e. The number of nitrogens with one attached hydrogen (secondary N) is 1. The second-order valence-electron chi connectivity index (χ2n) is 6.50. The highest BCUT2D eigenvalue weighted by molar-refractivity contribution is 5.83. The Labute approximate surface area is 171 Å². The third-order valence-corrected chi connectivity index (χ3v) is 4.01. The van der Waals surface area contributed by atoms with Crippen molar-refractivity contribution in [2.45, 2.75) is 38.3 Å². The van der Waals surface area contributed by atoms with Gasteiger partial charge >= 0.3 is 12.3 Å². The van der Waals surface area contributed by atoms with Gasteiger partial charge in [0.05, 0.1) is 6.61 Å². The molecule has 0 aromatic heterocycles. The Bertz CT molecular complexity index is 827. The highest BCUT2D eigenvalue weighted by Gasteiger charge is 2.31. The number of aliphatic carboxylic acids is 1. The summed E-state index contributed by atoms with van der Waals surface area (Å²) in [6.45, 7) is 0.743. The molecule has 0 aliphatic rings. The van der Waals surface area contributed by atoms with Crippen molar-refractivity contribution in [1.29, 1.82) is 0 Å². The fraction of sp³-hybridized carbons (Fsp3) is 0.333. The minimum atomic E-state index is -4.85. The first kappa shape index (κ1) is 23.2. The van der Waals surface area contributed by atoms with Gasteiger partial charge in [0.25, 0.3) is 0 Å². The van der Waals surface area contributed by atoms with Crippen LogP contribution in [0.4, 0.5) is 13.2 Å². The van der Waals surface area contributed by atoms with Crippen molar-refractivity contribution in [1.82, 2.24) is 5.32 Å². The maximum Gasteiger partial charge on any atom is 0.573 e. The summed E-state index contributed by atoms with van der Waals surface area (Å²) in [4.78, 5) is 23.5. The fourth-order valence-electron chi connectivity index (χ4n) is 2.67. The van der Waals surface area contributed by atoms with E-state index in [0.29, 0.717) is 19.6 Å². The number of rotatable bonds is 11. The molecule has 0 heterocycles. The minimum absolute atomic E-state index is 0.0653. The Hall–Kier alpha value is -3.07. The van der Waals surface area contributed by atoms with Gasteiger partial charge in [-0.2, -0.15) is 0 Å². The molecule has 30 heavy (non-hydrogen) atoms. The number of amides is 1. The molecule has 2 rings (SSSR count). The lowest BCUT2D eigenvalue weighted by atomic mass is 10.1. The summed E-state index contributed by atoms with van der Waals surface area (Å²) in [5.74, 6) is -2.22. The van der Waals surface area contributed by atoms with Gasteiger partial charge in [0, 0.05) is 19.4 Å². The third-order valence-electron chi connectivity index (χ3n) is 4.01. The van der Waals surface area contributed by atoms with Crippen molar-refractivity contribution >= 4 is 11.9 Å². The third kappa shape index (κ3) is 8.95. The van der Waals surface area contributed by atoms with Gasteiger partial charge in [-0.15, -0.1) is 13.2 Å². The van der Waals surface area contributed by atoms with Crippen molar-refractivity contribution < 1.29 is 37.3 Å². The fourth-order valence-corrected chi connectivity index (χ4v) is 2.67. The van der Waals surface area contributed by atoms with E-state index in [4.69, 9.17) is 4.74 Å². The van der Waals surface area contributed by atoms with Crippen molar-refractivity contribution in [2.24, 2.45) is 0 Å². The lowest BCUT2D eigenvalue weighted by Gasteiger charge is -2.16. The summed E-state index contributed by atoms with van der Waals surface area (Å²) < 4.78 is 46.3. The van der Waals surface area contributed by atoms with Gasteiger partial charge < -0.3 is 19.9 Å². The molecular weight excluding hydrogens is 403 g/mol. The van der Waals surface area contributed by atoms with Gasteiger partial charge in [0.2, 0.25) is 5.91 Å². The number of benzene rings is 2. The molecule has 6 nitrogen and oxygen atoms in total. The van der Waals surface area contributed by atoms with Crippen LogP contribution in [0, 0.1) is 0 Å². The first-order valence-corrected chi connectivity index (χ1v) is 9.21. The SMILES string of the molecule is O=C(CCCOCc1ccccc1)N[C@@H](Cc1cccc(OC(F)(F)F)c1)C(=O)O. The van der Waals surface area contributed by atoms with E-state index in [9.17, 15) is 27.9 Å². The molecular formula is C21H22F3NO5. The lowest BCUT2D eigenvalue weighted by Crippen LogP contribution is -2.42. The number of hydrogen-bond acceptors (Lipinski definition) is 4. The Balaban J connectivity index is 1.78. The van der Waals surface area contributed by atoms with E-state index in [1.807, 2.05) is 30.3 Å². The first-order valence-electron chi connectivity index (χ1n) is 9.21. The molecule has 1 amide bonds. The molecule has 0 unspecified atom stereocenters. The molecule has 2 aromatic rings. The standard InChI is InChI=1S/C21H22F3NO5/c22-21(23,24)30-17-9-4-8-16(12-17)13-18(20(27)28)25-19(26)10-5-11-29-14-15-6-2-1-3-7-15/h1-4,6-9,12,18H,5,10-11,13-14H2,(H,25,26)(H,27,28)/t18-/m0/s1. The summed E-state index contributed by atoms with van der Waals surface area (Å²) in [5.41, 5.74) is 1.29. The second-order valence-corrected chi connectivity index (χ2v) is 6.50. The minimum Gasteiger partial charge on any atom is -0.480 e. The van der Waals surface area contributed by atoms with Crippen LogP contribution >= 0.6 is 0 Å². The van der Waals surface area contributed by atoms with E-state index in [1.54, 1.807) is 0 Å². The van der Waals surface area contributed by atoms with Crippen LogP contribution in [-0.4, -0.2) is 36.0 Å². The molecule has 0 fully saturated rings.